The molecule has 282 valence electrons. The molecular formula is C38H50N10O5. The van der Waals surface area contributed by atoms with Gasteiger partial charge in [-0.2, -0.15) is 10.2 Å². The van der Waals surface area contributed by atoms with Gasteiger partial charge in [-0.05, 0) is 57.9 Å². The highest BCUT2D eigenvalue weighted by atomic mass is 16.6. The van der Waals surface area contributed by atoms with E-state index in [1.807, 2.05) is 44.2 Å². The number of piperazine rings is 2. The van der Waals surface area contributed by atoms with Crippen molar-refractivity contribution >= 4 is 40.4 Å². The molecule has 0 radical (unpaired) electrons. The number of amides is 1. The van der Waals surface area contributed by atoms with Gasteiger partial charge < -0.3 is 34.6 Å². The average molecular weight is 727 g/mol. The molecule has 3 atom stereocenters. The van der Waals surface area contributed by atoms with Crippen LogP contribution in [0.25, 0.3) is 10.9 Å². The van der Waals surface area contributed by atoms with Gasteiger partial charge in [0.15, 0.2) is 0 Å². The molecule has 2 N–H and O–H groups in total. The SMILES string of the molecule is C[C@@H]1CN(c2ccc(C#N)c3ncccc23)C[C@H](CN2CCN(c3cc(CC(C)(C)OC(=O)N4CCCC4C(=O)O)nc(N4CCNCC4)n3)CC2)O1. The van der Waals surface area contributed by atoms with Crippen LogP contribution in [0.3, 0.4) is 0 Å². The summed E-state index contributed by atoms with van der Waals surface area (Å²) in [5.41, 5.74) is 2.24. The maximum absolute atomic E-state index is 13.1. The summed E-state index contributed by atoms with van der Waals surface area (Å²) < 4.78 is 12.4. The Kier molecular flexibility index (Phi) is 10.8. The third-order valence-electron chi connectivity index (χ3n) is 10.6. The highest BCUT2D eigenvalue weighted by Gasteiger charge is 2.38. The summed E-state index contributed by atoms with van der Waals surface area (Å²) in [4.78, 5) is 50.0. The maximum Gasteiger partial charge on any atom is 0.411 e. The van der Waals surface area contributed by atoms with Gasteiger partial charge in [-0.3, -0.25) is 14.8 Å². The first-order valence-electron chi connectivity index (χ1n) is 18.8. The molecule has 0 bridgehead atoms. The van der Waals surface area contributed by atoms with Gasteiger partial charge in [0.05, 0.1) is 29.0 Å². The second-order valence-electron chi connectivity index (χ2n) is 15.2. The summed E-state index contributed by atoms with van der Waals surface area (Å²) in [5, 5.41) is 23.6. The van der Waals surface area contributed by atoms with Crippen molar-refractivity contribution in [1.82, 2.24) is 30.1 Å². The van der Waals surface area contributed by atoms with Gasteiger partial charge >= 0.3 is 12.1 Å². The third-order valence-corrected chi connectivity index (χ3v) is 10.6. The number of carbonyl (C=O) groups excluding carboxylic acids is 1. The Labute approximate surface area is 310 Å². The van der Waals surface area contributed by atoms with Crippen LogP contribution in [0, 0.1) is 11.3 Å². The lowest BCUT2D eigenvalue weighted by Gasteiger charge is -2.42. The first-order valence-corrected chi connectivity index (χ1v) is 18.8. The number of rotatable bonds is 9. The molecule has 4 aliphatic heterocycles. The van der Waals surface area contributed by atoms with Gasteiger partial charge in [0, 0.05) is 108 Å². The van der Waals surface area contributed by atoms with Crippen molar-refractivity contribution in [2.24, 2.45) is 0 Å². The van der Waals surface area contributed by atoms with Crippen LogP contribution < -0.4 is 20.0 Å². The normalized spacial score (nSPS) is 22.9. The van der Waals surface area contributed by atoms with E-state index < -0.39 is 23.7 Å². The van der Waals surface area contributed by atoms with E-state index in [2.05, 4.69) is 42.9 Å². The van der Waals surface area contributed by atoms with Crippen molar-refractivity contribution in [2.45, 2.75) is 63.9 Å². The number of pyridine rings is 1. The molecule has 2 aromatic heterocycles. The van der Waals surface area contributed by atoms with Crippen LogP contribution in [0.1, 0.15) is 44.9 Å². The zero-order chi connectivity index (χ0) is 37.1. The number of carboxylic acids is 1. The fourth-order valence-electron chi connectivity index (χ4n) is 8.05. The molecule has 0 aliphatic carbocycles. The molecule has 1 amide bonds. The lowest BCUT2D eigenvalue weighted by molar-refractivity contribution is -0.142. The number of aromatic nitrogens is 3. The van der Waals surface area contributed by atoms with Gasteiger partial charge in [-0.25, -0.2) is 14.6 Å². The number of ether oxygens (including phenoxy) is 2. The van der Waals surface area contributed by atoms with Crippen LogP contribution in [0.2, 0.25) is 0 Å². The molecule has 7 rings (SSSR count). The minimum Gasteiger partial charge on any atom is -0.480 e. The fraction of sp³-hybridized carbons (Fsp3) is 0.579. The van der Waals surface area contributed by atoms with E-state index in [-0.39, 0.29) is 12.2 Å². The lowest BCUT2D eigenvalue weighted by atomic mass is 10.0. The number of nitrogens with one attached hydrogen (secondary N) is 1. The van der Waals surface area contributed by atoms with Crippen molar-refractivity contribution < 1.29 is 24.2 Å². The van der Waals surface area contributed by atoms with Crippen LogP contribution in [0.5, 0.6) is 0 Å². The second-order valence-corrected chi connectivity index (χ2v) is 15.2. The third kappa shape index (κ3) is 8.40. The van der Waals surface area contributed by atoms with Gasteiger partial charge in [0.2, 0.25) is 5.95 Å². The van der Waals surface area contributed by atoms with Crippen LogP contribution >= 0.6 is 0 Å². The highest BCUT2D eigenvalue weighted by molar-refractivity contribution is 5.95. The molecule has 1 aromatic carbocycles. The van der Waals surface area contributed by atoms with Crippen molar-refractivity contribution in [3.63, 3.8) is 0 Å². The molecule has 15 nitrogen and oxygen atoms in total. The molecule has 15 heteroatoms. The summed E-state index contributed by atoms with van der Waals surface area (Å²) in [6.45, 7) is 15.1. The Morgan fingerprint density at radius 1 is 1.04 bits per heavy atom. The number of hydrogen-bond acceptors (Lipinski definition) is 13. The number of aliphatic carboxylic acids is 1. The van der Waals surface area contributed by atoms with Crippen molar-refractivity contribution in [3.8, 4) is 6.07 Å². The van der Waals surface area contributed by atoms with E-state index in [1.165, 1.54) is 4.90 Å². The van der Waals surface area contributed by atoms with Gasteiger partial charge in [0.25, 0.3) is 0 Å². The molecule has 1 unspecified atom stereocenters. The van der Waals surface area contributed by atoms with E-state index in [9.17, 15) is 20.0 Å². The Morgan fingerprint density at radius 3 is 2.58 bits per heavy atom. The number of nitrogens with zero attached hydrogens (tertiary/aromatic N) is 9. The van der Waals surface area contributed by atoms with Crippen LogP contribution in [-0.2, 0) is 20.7 Å². The number of likely N-dealkylation sites (tertiary alicyclic amines) is 1. The summed E-state index contributed by atoms with van der Waals surface area (Å²) in [7, 11) is 0. The smallest absolute Gasteiger partial charge is 0.411 e. The second kappa shape index (κ2) is 15.7. The van der Waals surface area contributed by atoms with E-state index in [4.69, 9.17) is 19.4 Å². The quantitative estimate of drug-likeness (QED) is 0.331. The van der Waals surface area contributed by atoms with E-state index in [0.29, 0.717) is 37.3 Å². The Bertz CT molecular complexity index is 1840. The van der Waals surface area contributed by atoms with Crippen LogP contribution in [0.15, 0.2) is 36.5 Å². The molecular weight excluding hydrogens is 676 g/mol. The summed E-state index contributed by atoms with van der Waals surface area (Å²) in [6, 6.07) is 11.3. The van der Waals surface area contributed by atoms with Crippen molar-refractivity contribution in [3.05, 3.63) is 47.8 Å². The monoisotopic (exact) mass is 726 g/mol. The molecule has 4 fully saturated rings. The van der Waals surface area contributed by atoms with E-state index in [0.717, 1.165) is 100 Å². The minimum absolute atomic E-state index is 0.0221. The lowest BCUT2D eigenvalue weighted by Crippen LogP contribution is -2.54. The summed E-state index contributed by atoms with van der Waals surface area (Å²) >= 11 is 0. The standard InChI is InChI=1S/C38H50N10O5/c1-26-23-47(31-9-8-27(22-39)34-30(31)6-4-10-41-34)25-29(52-26)24-44-16-18-45(19-17-44)33-20-28(42-36(43-33)46-14-11-40-12-15-46)21-38(2,3)53-37(51)48-13-5-7-32(48)35(49)50/h4,6,8-10,20,26,29,32,40H,5,7,11-19,21,23-25H2,1-3H3,(H,49,50)/t26-,29+,32?/m1/s1. The zero-order valence-corrected chi connectivity index (χ0v) is 30.9. The predicted molar refractivity (Wildman–Crippen MR) is 200 cm³/mol. The molecule has 4 saturated heterocycles. The number of fused-ring (bicyclic) bond motifs is 1. The number of carboxylic acid groups (broad SMARTS) is 1. The number of hydrogen-bond donors (Lipinski definition) is 2. The summed E-state index contributed by atoms with van der Waals surface area (Å²) in [6.07, 6.45) is 2.64. The maximum atomic E-state index is 13.1. The van der Waals surface area contributed by atoms with E-state index in [1.54, 1.807) is 6.20 Å². The molecule has 3 aromatic rings. The first kappa shape index (κ1) is 36.6. The zero-order valence-electron chi connectivity index (χ0n) is 30.9. The van der Waals surface area contributed by atoms with Gasteiger partial charge in [0.1, 0.15) is 23.5 Å². The topological polar surface area (TPSA) is 164 Å². The highest BCUT2D eigenvalue weighted by Crippen LogP contribution is 2.31. The fourth-order valence-corrected chi connectivity index (χ4v) is 8.05. The Morgan fingerprint density at radius 2 is 1.83 bits per heavy atom. The minimum atomic E-state index is -1.00. The van der Waals surface area contributed by atoms with Gasteiger partial charge in [-0.1, -0.05) is 0 Å². The Hall–Kier alpha value is -4.78. The molecule has 4 aliphatic rings. The number of nitriles is 1. The van der Waals surface area contributed by atoms with Crippen LogP contribution in [0.4, 0.5) is 22.2 Å². The summed E-state index contributed by atoms with van der Waals surface area (Å²) in [5.74, 6) is 0.519. The van der Waals surface area contributed by atoms with Gasteiger partial charge in [-0.15, -0.1) is 0 Å². The number of carbonyl (C=O) groups is 2. The predicted octanol–water partition coefficient (Wildman–Crippen LogP) is 2.73. The molecule has 0 spiro atoms. The molecule has 0 saturated carbocycles. The number of morpholine rings is 1. The number of benzene rings is 1. The molecule has 53 heavy (non-hydrogen) atoms. The Balaban J connectivity index is 1.02. The first-order chi connectivity index (χ1) is 25.6. The van der Waals surface area contributed by atoms with Crippen molar-refractivity contribution in [2.75, 3.05) is 93.2 Å². The van der Waals surface area contributed by atoms with E-state index >= 15 is 0 Å². The molecule has 6 heterocycles. The number of anilines is 3. The average Bonchev–Trinajstić information content (AvgIpc) is 3.66. The van der Waals surface area contributed by atoms with Crippen LogP contribution in [-0.4, -0.2) is 144 Å². The largest absolute Gasteiger partial charge is 0.480 e. The van der Waals surface area contributed by atoms with Crippen molar-refractivity contribution in [1.29, 1.82) is 5.26 Å².